The molecule has 0 radical (unpaired) electrons. The molecule has 3 fully saturated rings. The third kappa shape index (κ3) is 3.06. The highest BCUT2D eigenvalue weighted by atomic mass is 16.5. The molecule has 2 heteroatoms. The predicted octanol–water partition coefficient (Wildman–Crippen LogP) is 4.00. The van der Waals surface area contributed by atoms with Gasteiger partial charge in [0.15, 0.2) is 0 Å². The van der Waals surface area contributed by atoms with Gasteiger partial charge in [0.1, 0.15) is 0 Å². The quantitative estimate of drug-likeness (QED) is 0.843. The fourth-order valence-electron chi connectivity index (χ4n) is 5.38. The molecule has 1 heterocycles. The zero-order valence-corrected chi connectivity index (χ0v) is 13.5. The highest BCUT2D eigenvalue weighted by molar-refractivity contribution is 4.95. The van der Waals surface area contributed by atoms with Crippen molar-refractivity contribution in [1.82, 2.24) is 5.32 Å². The van der Waals surface area contributed by atoms with Crippen LogP contribution in [0.4, 0.5) is 0 Å². The van der Waals surface area contributed by atoms with E-state index in [9.17, 15) is 0 Å². The van der Waals surface area contributed by atoms with Crippen LogP contribution in [0.3, 0.4) is 0 Å². The summed E-state index contributed by atoms with van der Waals surface area (Å²) < 4.78 is 6.25. The van der Waals surface area contributed by atoms with Crippen LogP contribution in [0.15, 0.2) is 0 Å². The van der Waals surface area contributed by atoms with Gasteiger partial charge in [-0.2, -0.15) is 0 Å². The number of rotatable bonds is 3. The van der Waals surface area contributed by atoms with Crippen LogP contribution in [0.5, 0.6) is 0 Å². The van der Waals surface area contributed by atoms with E-state index >= 15 is 0 Å². The van der Waals surface area contributed by atoms with Crippen molar-refractivity contribution >= 4 is 0 Å². The average molecular weight is 279 g/mol. The van der Waals surface area contributed by atoms with Crippen molar-refractivity contribution < 1.29 is 4.74 Å². The summed E-state index contributed by atoms with van der Waals surface area (Å²) in [6, 6.07) is 0. The van der Waals surface area contributed by atoms with Crippen LogP contribution in [-0.2, 0) is 4.74 Å². The van der Waals surface area contributed by atoms with Crippen molar-refractivity contribution in [3.05, 3.63) is 0 Å². The normalized spacial score (nSPS) is 41.1. The second kappa shape index (κ2) is 6.36. The summed E-state index contributed by atoms with van der Waals surface area (Å²) in [6.07, 6.45) is 12.5. The van der Waals surface area contributed by atoms with Crippen LogP contribution >= 0.6 is 0 Å². The molecular formula is C18H33NO. The lowest BCUT2D eigenvalue weighted by atomic mass is 9.65. The SMILES string of the molecule is CNCC1CCC(C)CC1C1CCOC2(CCCC2)C1. The molecule has 2 aliphatic carbocycles. The topological polar surface area (TPSA) is 21.3 Å². The lowest BCUT2D eigenvalue weighted by Crippen LogP contribution is -2.43. The molecule has 2 saturated carbocycles. The predicted molar refractivity (Wildman–Crippen MR) is 83.8 cm³/mol. The van der Waals surface area contributed by atoms with Gasteiger partial charge in [0.05, 0.1) is 5.60 Å². The molecular weight excluding hydrogens is 246 g/mol. The standard InChI is InChI=1S/C18H33NO/c1-14-5-6-16(13-19-2)17(11-14)15-7-10-20-18(12-15)8-3-4-9-18/h14-17,19H,3-13H2,1-2H3. The molecule has 0 aromatic heterocycles. The monoisotopic (exact) mass is 279 g/mol. The molecule has 1 spiro atoms. The number of hydrogen-bond acceptors (Lipinski definition) is 2. The van der Waals surface area contributed by atoms with Crippen molar-refractivity contribution in [1.29, 1.82) is 0 Å². The van der Waals surface area contributed by atoms with Gasteiger partial charge in [-0.3, -0.25) is 0 Å². The minimum Gasteiger partial charge on any atom is -0.375 e. The van der Waals surface area contributed by atoms with Crippen molar-refractivity contribution in [3.63, 3.8) is 0 Å². The molecule has 1 aliphatic heterocycles. The van der Waals surface area contributed by atoms with E-state index in [1.54, 1.807) is 0 Å². The summed E-state index contributed by atoms with van der Waals surface area (Å²) in [5, 5.41) is 3.45. The third-order valence-electron chi connectivity index (χ3n) is 6.43. The Morgan fingerprint density at radius 1 is 1.15 bits per heavy atom. The molecule has 0 amide bonds. The molecule has 0 aromatic carbocycles. The van der Waals surface area contributed by atoms with Crippen molar-refractivity contribution in [2.45, 2.75) is 70.3 Å². The van der Waals surface area contributed by atoms with Gasteiger partial charge < -0.3 is 10.1 Å². The Morgan fingerprint density at radius 3 is 2.70 bits per heavy atom. The molecule has 116 valence electrons. The zero-order chi connectivity index (χ0) is 14.0. The van der Waals surface area contributed by atoms with Gasteiger partial charge in [-0.25, -0.2) is 0 Å². The smallest absolute Gasteiger partial charge is 0.0685 e. The molecule has 2 nitrogen and oxygen atoms in total. The van der Waals surface area contributed by atoms with Crippen LogP contribution in [0.25, 0.3) is 0 Å². The van der Waals surface area contributed by atoms with Gasteiger partial charge in [0, 0.05) is 6.61 Å². The fourth-order valence-corrected chi connectivity index (χ4v) is 5.38. The Labute approximate surface area is 125 Å². The van der Waals surface area contributed by atoms with E-state index in [-0.39, 0.29) is 0 Å². The van der Waals surface area contributed by atoms with E-state index in [1.807, 2.05) is 0 Å². The van der Waals surface area contributed by atoms with Crippen molar-refractivity contribution in [3.8, 4) is 0 Å². The molecule has 4 atom stereocenters. The van der Waals surface area contributed by atoms with Crippen molar-refractivity contribution in [2.75, 3.05) is 20.2 Å². The maximum absolute atomic E-state index is 6.25. The highest BCUT2D eigenvalue weighted by Crippen LogP contribution is 2.48. The molecule has 3 rings (SSSR count). The summed E-state index contributed by atoms with van der Waals surface area (Å²) in [5.41, 5.74) is 0.299. The van der Waals surface area contributed by atoms with E-state index in [2.05, 4.69) is 19.3 Å². The Hall–Kier alpha value is -0.0800. The van der Waals surface area contributed by atoms with E-state index in [4.69, 9.17) is 4.74 Å². The van der Waals surface area contributed by atoms with Crippen LogP contribution in [0.1, 0.15) is 64.7 Å². The van der Waals surface area contributed by atoms with Gasteiger partial charge in [0.25, 0.3) is 0 Å². The molecule has 1 saturated heterocycles. The molecule has 20 heavy (non-hydrogen) atoms. The zero-order valence-electron chi connectivity index (χ0n) is 13.5. The Morgan fingerprint density at radius 2 is 1.95 bits per heavy atom. The number of hydrogen-bond donors (Lipinski definition) is 1. The summed E-state index contributed by atoms with van der Waals surface area (Å²) >= 11 is 0. The maximum atomic E-state index is 6.25. The van der Waals surface area contributed by atoms with Crippen LogP contribution < -0.4 is 5.32 Å². The molecule has 3 aliphatic rings. The summed E-state index contributed by atoms with van der Waals surface area (Å²) in [5.74, 6) is 3.74. The largest absolute Gasteiger partial charge is 0.375 e. The number of nitrogens with one attached hydrogen (secondary N) is 1. The average Bonchev–Trinajstić information content (AvgIpc) is 2.89. The van der Waals surface area contributed by atoms with Gasteiger partial charge in [0.2, 0.25) is 0 Å². The van der Waals surface area contributed by atoms with Crippen molar-refractivity contribution in [2.24, 2.45) is 23.7 Å². The summed E-state index contributed by atoms with van der Waals surface area (Å²) in [6.45, 7) is 4.72. The summed E-state index contributed by atoms with van der Waals surface area (Å²) in [4.78, 5) is 0. The van der Waals surface area contributed by atoms with Gasteiger partial charge >= 0.3 is 0 Å². The first-order chi connectivity index (χ1) is 9.72. The Balaban J connectivity index is 1.68. The van der Waals surface area contributed by atoms with E-state index in [0.29, 0.717) is 5.60 Å². The summed E-state index contributed by atoms with van der Waals surface area (Å²) in [7, 11) is 2.12. The molecule has 4 unspecified atom stereocenters. The van der Waals surface area contributed by atoms with Crippen LogP contribution in [0, 0.1) is 23.7 Å². The minimum atomic E-state index is 0.299. The Kier molecular flexibility index (Phi) is 4.72. The lowest BCUT2D eigenvalue weighted by molar-refractivity contribution is -0.110. The first kappa shape index (κ1) is 14.8. The van der Waals surface area contributed by atoms with E-state index in [1.165, 1.54) is 64.3 Å². The lowest BCUT2D eigenvalue weighted by Gasteiger charge is -2.46. The minimum absolute atomic E-state index is 0.299. The van der Waals surface area contributed by atoms with Gasteiger partial charge in [-0.1, -0.05) is 26.2 Å². The molecule has 0 bridgehead atoms. The second-order valence-corrected chi connectivity index (χ2v) is 7.89. The van der Waals surface area contributed by atoms with Crippen LogP contribution in [-0.4, -0.2) is 25.8 Å². The third-order valence-corrected chi connectivity index (χ3v) is 6.43. The first-order valence-corrected chi connectivity index (χ1v) is 9.01. The first-order valence-electron chi connectivity index (χ1n) is 9.01. The second-order valence-electron chi connectivity index (χ2n) is 7.89. The van der Waals surface area contributed by atoms with Gasteiger partial charge in [-0.15, -0.1) is 0 Å². The van der Waals surface area contributed by atoms with Gasteiger partial charge in [-0.05, 0) is 75.8 Å². The highest BCUT2D eigenvalue weighted by Gasteiger charge is 2.44. The fraction of sp³-hybridized carbons (Fsp3) is 1.00. The van der Waals surface area contributed by atoms with E-state index in [0.717, 1.165) is 30.3 Å². The van der Waals surface area contributed by atoms with Crippen LogP contribution in [0.2, 0.25) is 0 Å². The molecule has 0 aromatic rings. The maximum Gasteiger partial charge on any atom is 0.0685 e. The molecule has 1 N–H and O–H groups in total. The Bertz CT molecular complexity index is 311. The number of ether oxygens (including phenoxy) is 1. The van der Waals surface area contributed by atoms with E-state index < -0.39 is 0 Å².